The molecular formula is C28H32N4O2. The van der Waals surface area contributed by atoms with E-state index in [2.05, 4.69) is 31.3 Å². The second-order valence-electron chi connectivity index (χ2n) is 9.70. The minimum atomic E-state index is -0.198. The van der Waals surface area contributed by atoms with E-state index in [-0.39, 0.29) is 17.9 Å². The van der Waals surface area contributed by atoms with E-state index in [0.29, 0.717) is 16.9 Å². The van der Waals surface area contributed by atoms with Gasteiger partial charge in [-0.1, -0.05) is 17.7 Å². The highest BCUT2D eigenvalue weighted by Gasteiger charge is 2.28. The lowest BCUT2D eigenvalue weighted by molar-refractivity contribution is 0.0635. The van der Waals surface area contributed by atoms with Gasteiger partial charge >= 0.3 is 0 Å². The van der Waals surface area contributed by atoms with Gasteiger partial charge in [0.2, 0.25) is 0 Å². The fraction of sp³-hybridized carbons (Fsp3) is 0.393. The molecule has 176 valence electrons. The zero-order valence-electron chi connectivity index (χ0n) is 20.2. The molecule has 1 aliphatic heterocycles. The molecule has 0 spiro atoms. The van der Waals surface area contributed by atoms with Crippen LogP contribution >= 0.6 is 0 Å². The number of aryl methyl sites for hydroxylation is 2. The molecule has 0 bridgehead atoms. The van der Waals surface area contributed by atoms with Crippen LogP contribution in [0.4, 0.5) is 5.69 Å². The highest BCUT2D eigenvalue weighted by atomic mass is 16.2. The predicted molar refractivity (Wildman–Crippen MR) is 134 cm³/mol. The molecule has 3 aromatic rings. The number of likely N-dealkylation sites (tertiary alicyclic amines) is 1. The SMILES string of the molecule is Cc1ccc(-n2nc(C(=O)Nc3ccc(C(=O)N4CCCC[C@@H]4C)cc3C)c3c2CCC3)cc1. The van der Waals surface area contributed by atoms with Crippen LogP contribution in [0.3, 0.4) is 0 Å². The van der Waals surface area contributed by atoms with E-state index in [9.17, 15) is 9.59 Å². The van der Waals surface area contributed by atoms with Crippen molar-refractivity contribution < 1.29 is 9.59 Å². The van der Waals surface area contributed by atoms with Crippen molar-refractivity contribution >= 4 is 17.5 Å². The lowest BCUT2D eigenvalue weighted by Crippen LogP contribution is -2.42. The Hall–Kier alpha value is -3.41. The molecule has 1 fully saturated rings. The van der Waals surface area contributed by atoms with Crippen molar-refractivity contribution in [2.75, 3.05) is 11.9 Å². The van der Waals surface area contributed by atoms with E-state index in [0.717, 1.165) is 61.2 Å². The number of hydrogen-bond donors (Lipinski definition) is 1. The third-order valence-electron chi connectivity index (χ3n) is 7.21. The van der Waals surface area contributed by atoms with Gasteiger partial charge in [-0.05, 0) is 95.2 Å². The number of nitrogens with one attached hydrogen (secondary N) is 1. The van der Waals surface area contributed by atoms with Gasteiger partial charge in [-0.25, -0.2) is 4.68 Å². The summed E-state index contributed by atoms with van der Waals surface area (Å²) in [7, 11) is 0. The van der Waals surface area contributed by atoms with Crippen LogP contribution in [0.2, 0.25) is 0 Å². The van der Waals surface area contributed by atoms with Gasteiger partial charge in [-0.3, -0.25) is 9.59 Å². The smallest absolute Gasteiger partial charge is 0.276 e. The van der Waals surface area contributed by atoms with Crippen LogP contribution in [-0.4, -0.2) is 39.1 Å². The van der Waals surface area contributed by atoms with E-state index in [1.54, 1.807) is 0 Å². The predicted octanol–water partition coefficient (Wildman–Crippen LogP) is 5.24. The first kappa shape index (κ1) is 22.4. The first-order valence-corrected chi connectivity index (χ1v) is 12.3. The molecule has 1 aromatic heterocycles. The molecule has 1 aliphatic carbocycles. The zero-order chi connectivity index (χ0) is 23.8. The summed E-state index contributed by atoms with van der Waals surface area (Å²) in [6.07, 6.45) is 6.11. The molecule has 1 N–H and O–H groups in total. The Morgan fingerprint density at radius 2 is 1.79 bits per heavy atom. The Labute approximate surface area is 201 Å². The van der Waals surface area contributed by atoms with Gasteiger partial charge in [0.05, 0.1) is 5.69 Å². The van der Waals surface area contributed by atoms with Gasteiger partial charge in [0.1, 0.15) is 0 Å². The molecule has 5 rings (SSSR count). The standard InChI is InChI=1S/C28H32N4O2/c1-18-10-13-22(14-11-18)32-25-9-6-8-23(25)26(30-32)27(33)29-24-15-12-21(17-19(24)2)28(34)31-16-5-4-7-20(31)3/h10-15,17,20H,4-9,16H2,1-3H3,(H,29,33)/t20-/m0/s1. The molecule has 2 aromatic carbocycles. The van der Waals surface area contributed by atoms with E-state index in [4.69, 9.17) is 5.10 Å². The van der Waals surface area contributed by atoms with Crippen molar-refractivity contribution in [3.8, 4) is 5.69 Å². The fourth-order valence-electron chi connectivity index (χ4n) is 5.20. The zero-order valence-corrected chi connectivity index (χ0v) is 20.2. The van der Waals surface area contributed by atoms with Crippen LogP contribution in [-0.2, 0) is 12.8 Å². The number of benzene rings is 2. The Kier molecular flexibility index (Phi) is 5.98. The number of hydrogen-bond acceptors (Lipinski definition) is 3. The molecular weight excluding hydrogens is 424 g/mol. The van der Waals surface area contributed by atoms with Crippen LogP contribution < -0.4 is 5.32 Å². The number of fused-ring (bicyclic) bond motifs is 1. The van der Waals surface area contributed by atoms with E-state index < -0.39 is 0 Å². The molecule has 2 aliphatic rings. The molecule has 34 heavy (non-hydrogen) atoms. The third-order valence-corrected chi connectivity index (χ3v) is 7.21. The molecule has 6 heteroatoms. The summed E-state index contributed by atoms with van der Waals surface area (Å²) < 4.78 is 1.92. The lowest BCUT2D eigenvalue weighted by Gasteiger charge is -2.33. The van der Waals surface area contributed by atoms with Crippen molar-refractivity contribution in [1.82, 2.24) is 14.7 Å². The molecule has 2 heterocycles. The van der Waals surface area contributed by atoms with Crippen molar-refractivity contribution in [2.24, 2.45) is 0 Å². The number of nitrogens with zero attached hydrogens (tertiary/aromatic N) is 3. The molecule has 1 atom stereocenters. The highest BCUT2D eigenvalue weighted by Crippen LogP contribution is 2.29. The second kappa shape index (κ2) is 9.09. The van der Waals surface area contributed by atoms with Crippen molar-refractivity contribution in [1.29, 1.82) is 0 Å². The lowest BCUT2D eigenvalue weighted by atomic mass is 10.0. The number of rotatable bonds is 4. The normalized spacial score (nSPS) is 17.5. The van der Waals surface area contributed by atoms with Crippen LogP contribution in [0.1, 0.15) is 75.8 Å². The van der Waals surface area contributed by atoms with E-state index in [1.165, 1.54) is 12.0 Å². The maximum atomic E-state index is 13.3. The molecule has 0 unspecified atom stereocenters. The summed E-state index contributed by atoms with van der Waals surface area (Å²) in [4.78, 5) is 28.3. The van der Waals surface area contributed by atoms with Crippen molar-refractivity contribution in [2.45, 2.75) is 65.3 Å². The highest BCUT2D eigenvalue weighted by molar-refractivity contribution is 6.05. The Bertz CT molecular complexity index is 1240. The van der Waals surface area contributed by atoms with Crippen molar-refractivity contribution in [3.63, 3.8) is 0 Å². The summed E-state index contributed by atoms with van der Waals surface area (Å²) >= 11 is 0. The third kappa shape index (κ3) is 4.13. The first-order valence-electron chi connectivity index (χ1n) is 12.3. The fourth-order valence-corrected chi connectivity index (χ4v) is 5.20. The number of piperidine rings is 1. The van der Waals surface area contributed by atoms with Crippen LogP contribution in [0.5, 0.6) is 0 Å². The van der Waals surface area contributed by atoms with Crippen molar-refractivity contribution in [3.05, 3.63) is 76.1 Å². The van der Waals surface area contributed by atoms with Crippen LogP contribution in [0.15, 0.2) is 42.5 Å². The summed E-state index contributed by atoms with van der Waals surface area (Å²) in [5.41, 5.74) is 7.10. The van der Waals surface area contributed by atoms with Gasteiger partial charge in [-0.2, -0.15) is 5.10 Å². The second-order valence-corrected chi connectivity index (χ2v) is 9.70. The number of anilines is 1. The van der Waals surface area contributed by atoms with Crippen LogP contribution in [0, 0.1) is 13.8 Å². The molecule has 0 radical (unpaired) electrons. The van der Waals surface area contributed by atoms with Gasteiger partial charge in [-0.15, -0.1) is 0 Å². The van der Waals surface area contributed by atoms with Gasteiger partial charge < -0.3 is 10.2 Å². The first-order chi connectivity index (χ1) is 16.4. The number of carbonyl (C=O) groups is 2. The van der Waals surface area contributed by atoms with E-state index >= 15 is 0 Å². The van der Waals surface area contributed by atoms with Crippen LogP contribution in [0.25, 0.3) is 5.69 Å². The molecule has 2 amide bonds. The minimum Gasteiger partial charge on any atom is -0.336 e. The van der Waals surface area contributed by atoms with Gasteiger partial charge in [0.15, 0.2) is 5.69 Å². The van der Waals surface area contributed by atoms with Gasteiger partial charge in [0.25, 0.3) is 11.8 Å². The molecule has 1 saturated heterocycles. The Morgan fingerprint density at radius 3 is 2.53 bits per heavy atom. The Morgan fingerprint density at radius 1 is 1.00 bits per heavy atom. The average molecular weight is 457 g/mol. The Balaban J connectivity index is 1.37. The maximum absolute atomic E-state index is 13.3. The molecule has 6 nitrogen and oxygen atoms in total. The maximum Gasteiger partial charge on any atom is 0.276 e. The summed E-state index contributed by atoms with van der Waals surface area (Å²) in [5.74, 6) is -0.126. The largest absolute Gasteiger partial charge is 0.336 e. The summed E-state index contributed by atoms with van der Waals surface area (Å²) in [5, 5.41) is 7.76. The topological polar surface area (TPSA) is 67.2 Å². The minimum absolute atomic E-state index is 0.0721. The average Bonchev–Trinajstić information content (AvgIpc) is 3.44. The number of amides is 2. The summed E-state index contributed by atoms with van der Waals surface area (Å²) in [6, 6.07) is 14.0. The number of aromatic nitrogens is 2. The monoisotopic (exact) mass is 456 g/mol. The van der Waals surface area contributed by atoms with Gasteiger partial charge in [0, 0.05) is 35.1 Å². The summed E-state index contributed by atoms with van der Waals surface area (Å²) in [6.45, 7) is 6.92. The quantitative estimate of drug-likeness (QED) is 0.583. The number of carbonyl (C=O) groups excluding carboxylic acids is 2. The van der Waals surface area contributed by atoms with E-state index in [1.807, 2.05) is 46.8 Å². The molecule has 0 saturated carbocycles.